The molecule has 0 atom stereocenters. The number of rotatable bonds is 4. The van der Waals surface area contributed by atoms with Crippen LogP contribution < -0.4 is 10.6 Å². The first kappa shape index (κ1) is 17.5. The van der Waals surface area contributed by atoms with Crippen LogP contribution in [0.3, 0.4) is 0 Å². The second-order valence-electron chi connectivity index (χ2n) is 7.30. The predicted octanol–water partition coefficient (Wildman–Crippen LogP) is 3.97. The van der Waals surface area contributed by atoms with E-state index in [-0.39, 0.29) is 23.9 Å². The van der Waals surface area contributed by atoms with Crippen molar-refractivity contribution in [3.05, 3.63) is 21.9 Å². The molecule has 1 aromatic heterocycles. The fraction of sp³-hybridized carbons (Fsp3) is 0.684. The van der Waals surface area contributed by atoms with Gasteiger partial charge >= 0.3 is 0 Å². The Morgan fingerprint density at radius 3 is 2.21 bits per heavy atom. The molecule has 2 amide bonds. The molecule has 2 aliphatic carbocycles. The summed E-state index contributed by atoms with van der Waals surface area (Å²) in [5.74, 6) is 0.769. The van der Waals surface area contributed by atoms with Gasteiger partial charge in [-0.25, -0.2) is 0 Å². The molecule has 0 saturated heterocycles. The lowest BCUT2D eigenvalue weighted by Crippen LogP contribution is -2.43. The van der Waals surface area contributed by atoms with Gasteiger partial charge in [0.2, 0.25) is 5.91 Å². The molecule has 4 nitrogen and oxygen atoms in total. The Morgan fingerprint density at radius 1 is 0.958 bits per heavy atom. The maximum Gasteiger partial charge on any atom is 0.252 e. The topological polar surface area (TPSA) is 58.2 Å². The van der Waals surface area contributed by atoms with Gasteiger partial charge < -0.3 is 10.6 Å². The fourth-order valence-electron chi connectivity index (χ4n) is 4.01. The second kappa shape index (κ2) is 8.15. The Bertz CT molecular complexity index is 570. The molecule has 1 heterocycles. The maximum atomic E-state index is 12.5. The summed E-state index contributed by atoms with van der Waals surface area (Å²) in [5.41, 5.74) is 0.824. The van der Waals surface area contributed by atoms with E-state index < -0.39 is 0 Å². The third-order valence-electron chi connectivity index (χ3n) is 5.36. The fourth-order valence-corrected chi connectivity index (χ4v) is 5.07. The van der Waals surface area contributed by atoms with E-state index >= 15 is 0 Å². The molecular formula is C19H28N2O2S. The number of amides is 2. The van der Waals surface area contributed by atoms with Crippen molar-refractivity contribution in [3.63, 3.8) is 0 Å². The van der Waals surface area contributed by atoms with Crippen LogP contribution in [0.5, 0.6) is 0 Å². The van der Waals surface area contributed by atoms with Gasteiger partial charge in [-0.05, 0) is 50.5 Å². The normalized spacial score (nSPS) is 25.2. The molecule has 2 saturated carbocycles. The summed E-state index contributed by atoms with van der Waals surface area (Å²) in [6.45, 7) is 1.56. The minimum atomic E-state index is 0.0380. The Balaban J connectivity index is 1.49. The van der Waals surface area contributed by atoms with Gasteiger partial charge in [-0.3, -0.25) is 9.59 Å². The minimum absolute atomic E-state index is 0.0380. The molecule has 2 aliphatic rings. The molecule has 0 bridgehead atoms. The van der Waals surface area contributed by atoms with Gasteiger partial charge in [0.15, 0.2) is 0 Å². The number of carbonyl (C=O) groups excluding carboxylic acids is 2. The summed E-state index contributed by atoms with van der Waals surface area (Å²) in [7, 11) is 0. The van der Waals surface area contributed by atoms with Crippen LogP contribution in [-0.2, 0) is 4.79 Å². The summed E-state index contributed by atoms with van der Waals surface area (Å²) in [5, 5.41) is 8.17. The lowest BCUT2D eigenvalue weighted by atomic mass is 9.88. The number of nitrogens with one attached hydrogen (secondary N) is 2. The summed E-state index contributed by atoms with van der Waals surface area (Å²) in [4.78, 5) is 25.0. The molecule has 0 radical (unpaired) electrons. The first-order valence-electron chi connectivity index (χ1n) is 9.28. The zero-order valence-electron chi connectivity index (χ0n) is 14.5. The molecule has 3 rings (SSSR count). The van der Waals surface area contributed by atoms with Crippen molar-refractivity contribution in [1.29, 1.82) is 0 Å². The zero-order chi connectivity index (χ0) is 16.9. The van der Waals surface area contributed by atoms with E-state index in [1.807, 2.05) is 5.38 Å². The van der Waals surface area contributed by atoms with Crippen LogP contribution in [0.1, 0.15) is 85.9 Å². The zero-order valence-corrected chi connectivity index (χ0v) is 15.3. The molecule has 0 unspecified atom stereocenters. The van der Waals surface area contributed by atoms with Crippen LogP contribution in [0.4, 0.5) is 0 Å². The lowest BCUT2D eigenvalue weighted by Gasteiger charge is -2.29. The van der Waals surface area contributed by atoms with Crippen LogP contribution >= 0.6 is 11.3 Å². The molecule has 0 aromatic carbocycles. The van der Waals surface area contributed by atoms with Crippen LogP contribution in [0.15, 0.2) is 11.4 Å². The van der Waals surface area contributed by atoms with Crippen LogP contribution in [0, 0.1) is 0 Å². The molecule has 24 heavy (non-hydrogen) atoms. The van der Waals surface area contributed by atoms with Gasteiger partial charge in [-0.15, -0.1) is 11.3 Å². The quantitative estimate of drug-likeness (QED) is 0.865. The van der Waals surface area contributed by atoms with E-state index in [1.165, 1.54) is 37.0 Å². The van der Waals surface area contributed by atoms with E-state index in [2.05, 4.69) is 16.7 Å². The van der Waals surface area contributed by atoms with E-state index in [0.29, 0.717) is 5.92 Å². The van der Waals surface area contributed by atoms with Gasteiger partial charge in [-0.1, -0.05) is 19.3 Å². The standard InChI is InChI=1S/C19H28N2O2S/c1-13(22)20-16-7-9-17(10-8-16)21-19(23)15-11-18(24-12-15)14-5-3-2-4-6-14/h11-12,14,16-17H,2-10H2,1H3,(H,20,22)(H,21,23). The first-order valence-corrected chi connectivity index (χ1v) is 10.2. The number of thiophene rings is 1. The van der Waals surface area contributed by atoms with E-state index in [9.17, 15) is 9.59 Å². The molecule has 0 spiro atoms. The predicted molar refractivity (Wildman–Crippen MR) is 97.5 cm³/mol. The molecule has 0 aliphatic heterocycles. The third kappa shape index (κ3) is 4.59. The van der Waals surface area contributed by atoms with Gasteiger partial charge in [0, 0.05) is 29.3 Å². The van der Waals surface area contributed by atoms with Crippen molar-refractivity contribution in [1.82, 2.24) is 10.6 Å². The average molecular weight is 349 g/mol. The van der Waals surface area contributed by atoms with Gasteiger partial charge in [-0.2, -0.15) is 0 Å². The van der Waals surface area contributed by atoms with Gasteiger partial charge in [0.1, 0.15) is 0 Å². The largest absolute Gasteiger partial charge is 0.354 e. The highest BCUT2D eigenvalue weighted by atomic mass is 32.1. The minimum Gasteiger partial charge on any atom is -0.354 e. The summed E-state index contributed by atoms with van der Waals surface area (Å²) in [6, 6.07) is 2.62. The van der Waals surface area contributed by atoms with Gasteiger partial charge in [0.05, 0.1) is 5.56 Å². The lowest BCUT2D eigenvalue weighted by molar-refractivity contribution is -0.119. The Labute approximate surface area is 148 Å². The molecule has 2 fully saturated rings. The third-order valence-corrected chi connectivity index (χ3v) is 6.45. The van der Waals surface area contributed by atoms with E-state index in [1.54, 1.807) is 18.3 Å². The van der Waals surface area contributed by atoms with E-state index in [4.69, 9.17) is 0 Å². The molecule has 132 valence electrons. The molecule has 5 heteroatoms. The van der Waals surface area contributed by atoms with Crippen LogP contribution in [0.25, 0.3) is 0 Å². The maximum absolute atomic E-state index is 12.5. The van der Waals surface area contributed by atoms with E-state index in [0.717, 1.165) is 31.2 Å². The highest BCUT2D eigenvalue weighted by Crippen LogP contribution is 2.36. The van der Waals surface area contributed by atoms with Crippen molar-refractivity contribution in [2.45, 2.75) is 82.7 Å². The SMILES string of the molecule is CC(=O)NC1CCC(NC(=O)c2csc(C3CCCCC3)c2)CC1. The van der Waals surface area contributed by atoms with Crippen molar-refractivity contribution in [2.24, 2.45) is 0 Å². The molecule has 1 aromatic rings. The Morgan fingerprint density at radius 2 is 1.58 bits per heavy atom. The van der Waals surface area contributed by atoms with Crippen LogP contribution in [-0.4, -0.2) is 23.9 Å². The van der Waals surface area contributed by atoms with Crippen molar-refractivity contribution >= 4 is 23.2 Å². The number of hydrogen-bond acceptors (Lipinski definition) is 3. The van der Waals surface area contributed by atoms with Crippen molar-refractivity contribution < 1.29 is 9.59 Å². The van der Waals surface area contributed by atoms with Crippen molar-refractivity contribution in [2.75, 3.05) is 0 Å². The summed E-state index contributed by atoms with van der Waals surface area (Å²) in [6.07, 6.45) is 10.3. The Hall–Kier alpha value is -1.36. The first-order chi connectivity index (χ1) is 11.6. The summed E-state index contributed by atoms with van der Waals surface area (Å²) < 4.78 is 0. The summed E-state index contributed by atoms with van der Waals surface area (Å²) >= 11 is 1.75. The number of hydrogen-bond donors (Lipinski definition) is 2. The highest BCUT2D eigenvalue weighted by molar-refractivity contribution is 7.10. The smallest absolute Gasteiger partial charge is 0.252 e. The highest BCUT2D eigenvalue weighted by Gasteiger charge is 2.24. The van der Waals surface area contributed by atoms with Crippen molar-refractivity contribution in [3.8, 4) is 0 Å². The van der Waals surface area contributed by atoms with Gasteiger partial charge in [0.25, 0.3) is 5.91 Å². The molecular weight excluding hydrogens is 320 g/mol. The van der Waals surface area contributed by atoms with Crippen LogP contribution in [0.2, 0.25) is 0 Å². The average Bonchev–Trinajstić information content (AvgIpc) is 3.07. The number of carbonyl (C=O) groups is 2. The Kier molecular flexibility index (Phi) is 5.93. The molecule has 2 N–H and O–H groups in total. The second-order valence-corrected chi connectivity index (χ2v) is 8.24. The monoisotopic (exact) mass is 348 g/mol.